The Balaban J connectivity index is 1.58. The molecule has 0 amide bonds. The number of nitrogens with one attached hydrogen (secondary N) is 1. The summed E-state index contributed by atoms with van der Waals surface area (Å²) in [5.74, 6) is -0.0386. The van der Waals surface area contributed by atoms with Crippen LogP contribution in [-0.4, -0.2) is 31.8 Å². The molecule has 0 spiro atoms. The minimum absolute atomic E-state index is 0.311. The number of anilines is 1. The summed E-state index contributed by atoms with van der Waals surface area (Å²) in [4.78, 5) is 22.9. The Kier molecular flexibility index (Phi) is 5.46. The standard InChI is InChI=1S/C27H20FN5O2S/c1-35-26(34)19-9-12-21-30-23(25(33(21)16-19)29-15-17-5-3-2-4-6-17)24-22(18-7-10-20(28)11-8-18)31-27-32(24)13-14-36-27/h2-14,16,29H,15H2,1H3. The lowest BCUT2D eigenvalue weighted by molar-refractivity contribution is 0.0600. The highest BCUT2D eigenvalue weighted by Gasteiger charge is 2.24. The molecule has 1 N–H and O–H groups in total. The number of fused-ring (bicyclic) bond motifs is 2. The number of aromatic nitrogens is 4. The van der Waals surface area contributed by atoms with Gasteiger partial charge in [0.05, 0.1) is 18.4 Å². The van der Waals surface area contributed by atoms with Gasteiger partial charge < -0.3 is 10.1 Å². The molecule has 2 aromatic carbocycles. The quantitative estimate of drug-likeness (QED) is 0.290. The molecule has 0 radical (unpaired) electrons. The number of carbonyl (C=O) groups is 1. The normalized spacial score (nSPS) is 11.3. The molecule has 0 aliphatic heterocycles. The van der Waals surface area contributed by atoms with Crippen molar-refractivity contribution in [2.45, 2.75) is 6.54 Å². The highest BCUT2D eigenvalue weighted by Crippen LogP contribution is 2.38. The number of pyridine rings is 1. The van der Waals surface area contributed by atoms with Gasteiger partial charge in [0.25, 0.3) is 0 Å². The first-order chi connectivity index (χ1) is 17.6. The molecule has 4 aromatic heterocycles. The van der Waals surface area contributed by atoms with Crippen molar-refractivity contribution in [3.8, 4) is 22.6 Å². The number of thiazole rings is 1. The highest BCUT2D eigenvalue weighted by molar-refractivity contribution is 7.15. The van der Waals surface area contributed by atoms with Crippen molar-refractivity contribution < 1.29 is 13.9 Å². The van der Waals surface area contributed by atoms with Gasteiger partial charge in [-0.15, -0.1) is 11.3 Å². The number of hydrogen-bond acceptors (Lipinski definition) is 6. The third-order valence-electron chi connectivity index (χ3n) is 5.95. The molecule has 6 aromatic rings. The van der Waals surface area contributed by atoms with Gasteiger partial charge in [0, 0.05) is 29.9 Å². The van der Waals surface area contributed by atoms with Crippen LogP contribution in [0.1, 0.15) is 15.9 Å². The van der Waals surface area contributed by atoms with E-state index in [4.69, 9.17) is 14.7 Å². The largest absolute Gasteiger partial charge is 0.465 e. The lowest BCUT2D eigenvalue weighted by Gasteiger charge is -2.10. The van der Waals surface area contributed by atoms with Gasteiger partial charge in [0.15, 0.2) is 4.96 Å². The summed E-state index contributed by atoms with van der Waals surface area (Å²) in [5, 5.41) is 5.48. The van der Waals surface area contributed by atoms with Crippen molar-refractivity contribution in [3.05, 3.63) is 101 Å². The van der Waals surface area contributed by atoms with Crippen molar-refractivity contribution in [2.24, 2.45) is 0 Å². The zero-order valence-corrected chi connectivity index (χ0v) is 20.0. The molecule has 0 unspecified atom stereocenters. The summed E-state index contributed by atoms with van der Waals surface area (Å²) in [6.07, 6.45) is 3.66. The fourth-order valence-electron chi connectivity index (χ4n) is 4.22. The summed E-state index contributed by atoms with van der Waals surface area (Å²) in [6.45, 7) is 0.543. The Hall–Kier alpha value is -4.50. The third-order valence-corrected chi connectivity index (χ3v) is 6.70. The molecule has 178 valence electrons. The maximum atomic E-state index is 13.7. The summed E-state index contributed by atoms with van der Waals surface area (Å²) >= 11 is 1.51. The Morgan fingerprint density at radius 2 is 1.81 bits per heavy atom. The van der Waals surface area contributed by atoms with E-state index < -0.39 is 5.97 Å². The van der Waals surface area contributed by atoms with Crippen LogP contribution in [-0.2, 0) is 11.3 Å². The van der Waals surface area contributed by atoms with Crippen molar-refractivity contribution in [1.29, 1.82) is 0 Å². The first-order valence-corrected chi connectivity index (χ1v) is 12.1. The second kappa shape index (κ2) is 8.94. The van der Waals surface area contributed by atoms with Crippen LogP contribution in [0.25, 0.3) is 33.3 Å². The number of carbonyl (C=O) groups excluding carboxylic acids is 1. The number of nitrogens with zero attached hydrogens (tertiary/aromatic N) is 4. The van der Waals surface area contributed by atoms with Gasteiger partial charge in [-0.1, -0.05) is 30.3 Å². The van der Waals surface area contributed by atoms with Gasteiger partial charge in [-0.25, -0.2) is 19.2 Å². The van der Waals surface area contributed by atoms with Crippen LogP contribution in [0.3, 0.4) is 0 Å². The van der Waals surface area contributed by atoms with E-state index >= 15 is 0 Å². The number of rotatable bonds is 6. The number of methoxy groups -OCH3 is 1. The Morgan fingerprint density at radius 1 is 1.00 bits per heavy atom. The average molecular weight is 498 g/mol. The summed E-state index contributed by atoms with van der Waals surface area (Å²) in [6, 6.07) is 19.8. The third kappa shape index (κ3) is 3.79. The fourth-order valence-corrected chi connectivity index (χ4v) is 4.93. The fraction of sp³-hybridized carbons (Fsp3) is 0.0741. The van der Waals surface area contributed by atoms with E-state index in [9.17, 15) is 9.18 Å². The first kappa shape index (κ1) is 22.0. The van der Waals surface area contributed by atoms with Crippen LogP contribution in [0, 0.1) is 5.82 Å². The molecule has 0 saturated carbocycles. The number of esters is 1. The minimum atomic E-state index is -0.433. The molecule has 0 saturated heterocycles. The van der Waals surface area contributed by atoms with Gasteiger partial charge in [0.2, 0.25) is 0 Å². The summed E-state index contributed by atoms with van der Waals surface area (Å²) in [7, 11) is 1.36. The van der Waals surface area contributed by atoms with Crippen LogP contribution in [0.15, 0.2) is 84.5 Å². The Bertz CT molecular complexity index is 1700. The van der Waals surface area contributed by atoms with Gasteiger partial charge in [0.1, 0.15) is 28.7 Å². The molecule has 7 nitrogen and oxygen atoms in total. The molecule has 0 aliphatic carbocycles. The van der Waals surface area contributed by atoms with E-state index in [0.29, 0.717) is 35.0 Å². The van der Waals surface area contributed by atoms with E-state index in [1.807, 2.05) is 50.7 Å². The van der Waals surface area contributed by atoms with Crippen molar-refractivity contribution in [1.82, 2.24) is 18.8 Å². The second-order valence-corrected chi connectivity index (χ2v) is 9.03. The van der Waals surface area contributed by atoms with E-state index in [2.05, 4.69) is 5.32 Å². The van der Waals surface area contributed by atoms with Crippen molar-refractivity contribution in [3.63, 3.8) is 0 Å². The zero-order valence-electron chi connectivity index (χ0n) is 19.2. The summed E-state index contributed by atoms with van der Waals surface area (Å²) in [5.41, 5.74) is 5.07. The van der Waals surface area contributed by atoms with E-state index in [1.54, 1.807) is 30.5 Å². The van der Waals surface area contributed by atoms with Crippen LogP contribution < -0.4 is 5.32 Å². The second-order valence-electron chi connectivity index (χ2n) is 8.16. The van der Waals surface area contributed by atoms with E-state index in [-0.39, 0.29) is 5.82 Å². The molecule has 36 heavy (non-hydrogen) atoms. The predicted octanol–water partition coefficient (Wildman–Crippen LogP) is 5.92. The lowest BCUT2D eigenvalue weighted by atomic mass is 10.1. The molecule has 6 rings (SSSR count). The highest BCUT2D eigenvalue weighted by atomic mass is 32.1. The summed E-state index contributed by atoms with van der Waals surface area (Å²) < 4.78 is 22.4. The molecule has 0 bridgehead atoms. The first-order valence-electron chi connectivity index (χ1n) is 11.2. The van der Waals surface area contributed by atoms with Gasteiger partial charge >= 0.3 is 5.97 Å². The van der Waals surface area contributed by atoms with Crippen molar-refractivity contribution >= 4 is 33.7 Å². The number of benzene rings is 2. The van der Waals surface area contributed by atoms with Gasteiger partial charge in [-0.05, 0) is 42.0 Å². The van der Waals surface area contributed by atoms with Crippen LogP contribution >= 0.6 is 11.3 Å². The topological polar surface area (TPSA) is 72.9 Å². The van der Waals surface area contributed by atoms with Crippen LogP contribution in [0.2, 0.25) is 0 Å². The average Bonchev–Trinajstić information content (AvgIpc) is 3.60. The number of ether oxygens (including phenoxy) is 1. The Morgan fingerprint density at radius 3 is 2.58 bits per heavy atom. The predicted molar refractivity (Wildman–Crippen MR) is 138 cm³/mol. The molecule has 0 aliphatic rings. The van der Waals surface area contributed by atoms with E-state index in [0.717, 1.165) is 21.8 Å². The van der Waals surface area contributed by atoms with E-state index in [1.165, 1.54) is 30.6 Å². The Labute approximate surface area is 209 Å². The van der Waals surface area contributed by atoms with Crippen molar-refractivity contribution in [2.75, 3.05) is 12.4 Å². The molecular formula is C27H20FN5O2S. The van der Waals surface area contributed by atoms with Gasteiger partial charge in [-0.2, -0.15) is 0 Å². The van der Waals surface area contributed by atoms with Gasteiger partial charge in [-0.3, -0.25) is 8.80 Å². The molecule has 0 atom stereocenters. The zero-order chi connectivity index (χ0) is 24.6. The maximum absolute atomic E-state index is 13.7. The maximum Gasteiger partial charge on any atom is 0.339 e. The number of imidazole rings is 2. The monoisotopic (exact) mass is 497 g/mol. The number of hydrogen-bond donors (Lipinski definition) is 1. The smallest absolute Gasteiger partial charge is 0.339 e. The molecule has 9 heteroatoms. The SMILES string of the molecule is COC(=O)c1ccc2nc(-c3c(-c4ccc(F)cc4)nc4sccn34)c(NCc3ccccc3)n2c1. The van der Waals surface area contributed by atoms with Crippen LogP contribution in [0.5, 0.6) is 0 Å². The van der Waals surface area contributed by atoms with Crippen LogP contribution in [0.4, 0.5) is 10.2 Å². The molecular weight excluding hydrogens is 477 g/mol. The number of halogens is 1. The minimum Gasteiger partial charge on any atom is -0.465 e. The lowest BCUT2D eigenvalue weighted by Crippen LogP contribution is -2.06. The molecule has 0 fully saturated rings. The molecule has 4 heterocycles.